The number of benzene rings is 1. The fourth-order valence-electron chi connectivity index (χ4n) is 2.48. The average molecular weight is 299 g/mol. The van der Waals surface area contributed by atoms with Crippen molar-refractivity contribution in [2.24, 2.45) is 0 Å². The van der Waals surface area contributed by atoms with E-state index in [1.54, 1.807) is 0 Å². The van der Waals surface area contributed by atoms with Gasteiger partial charge >= 0.3 is 0 Å². The van der Waals surface area contributed by atoms with Crippen LogP contribution >= 0.6 is 11.6 Å². The normalized spacial score (nSPS) is 18.4. The fraction of sp³-hybridized carbons (Fsp3) is 0.533. The number of nitrogens with one attached hydrogen (secondary N) is 1. The van der Waals surface area contributed by atoms with Crippen LogP contribution in [0.5, 0.6) is 0 Å². The Kier molecular flexibility index (Phi) is 5.38. The first-order valence-corrected chi connectivity index (χ1v) is 7.45. The quantitative estimate of drug-likeness (QED) is 0.923. The number of anilines is 1. The van der Waals surface area contributed by atoms with Crippen LogP contribution in [0.2, 0.25) is 5.02 Å². The van der Waals surface area contributed by atoms with E-state index in [4.69, 9.17) is 11.6 Å². The maximum absolute atomic E-state index is 13.0. The molecule has 1 heterocycles. The van der Waals surface area contributed by atoms with E-state index in [1.807, 2.05) is 6.92 Å². The van der Waals surface area contributed by atoms with Gasteiger partial charge in [-0.3, -0.25) is 9.69 Å². The maximum atomic E-state index is 13.0. The molecule has 0 radical (unpaired) electrons. The number of halogens is 2. The van der Waals surface area contributed by atoms with Gasteiger partial charge in [-0.2, -0.15) is 0 Å². The summed E-state index contributed by atoms with van der Waals surface area (Å²) < 4.78 is 13.0. The third kappa shape index (κ3) is 3.93. The highest BCUT2D eigenvalue weighted by molar-refractivity contribution is 6.33. The first kappa shape index (κ1) is 15.3. The smallest absolute Gasteiger partial charge is 0.241 e. The summed E-state index contributed by atoms with van der Waals surface area (Å²) >= 11 is 5.92. The Bertz CT molecular complexity index is 473. The minimum atomic E-state index is -0.409. The highest BCUT2D eigenvalue weighted by atomic mass is 35.5. The van der Waals surface area contributed by atoms with Crippen molar-refractivity contribution in [2.75, 3.05) is 18.4 Å². The molecule has 1 saturated heterocycles. The molecule has 0 bridgehead atoms. The molecule has 5 heteroatoms. The van der Waals surface area contributed by atoms with E-state index in [9.17, 15) is 9.18 Å². The summed E-state index contributed by atoms with van der Waals surface area (Å²) in [7, 11) is 0. The lowest BCUT2D eigenvalue weighted by Crippen LogP contribution is -2.42. The van der Waals surface area contributed by atoms with Crippen LogP contribution in [0.3, 0.4) is 0 Å². The van der Waals surface area contributed by atoms with Gasteiger partial charge in [0.25, 0.3) is 0 Å². The summed E-state index contributed by atoms with van der Waals surface area (Å²) in [5, 5.41) is 3.00. The Hall–Kier alpha value is -1.13. The molecule has 2 rings (SSSR count). The largest absolute Gasteiger partial charge is 0.323 e. The molecule has 1 aromatic rings. The van der Waals surface area contributed by atoms with Gasteiger partial charge in [0.2, 0.25) is 5.91 Å². The molecule has 0 spiro atoms. The summed E-state index contributed by atoms with van der Waals surface area (Å²) in [6.07, 6.45) is 4.73. The molecule has 0 saturated carbocycles. The molecule has 1 atom stereocenters. The number of likely N-dealkylation sites (tertiary alicyclic amines) is 1. The lowest BCUT2D eigenvalue weighted by Gasteiger charge is -2.26. The van der Waals surface area contributed by atoms with Gasteiger partial charge in [0, 0.05) is 0 Å². The van der Waals surface area contributed by atoms with Crippen molar-refractivity contribution in [1.29, 1.82) is 0 Å². The zero-order chi connectivity index (χ0) is 14.5. The molecule has 0 aliphatic carbocycles. The molecule has 1 amide bonds. The highest BCUT2D eigenvalue weighted by Crippen LogP contribution is 2.23. The van der Waals surface area contributed by atoms with Crippen LogP contribution in [0.25, 0.3) is 0 Å². The lowest BCUT2D eigenvalue weighted by atomic mass is 10.2. The Balaban J connectivity index is 1.99. The molecule has 1 aliphatic rings. The fourth-order valence-corrected chi connectivity index (χ4v) is 2.69. The second kappa shape index (κ2) is 7.04. The van der Waals surface area contributed by atoms with Gasteiger partial charge in [-0.1, -0.05) is 24.4 Å². The van der Waals surface area contributed by atoms with E-state index >= 15 is 0 Å². The van der Waals surface area contributed by atoms with E-state index in [0.29, 0.717) is 5.69 Å². The molecule has 3 nitrogen and oxygen atoms in total. The monoisotopic (exact) mass is 298 g/mol. The van der Waals surface area contributed by atoms with E-state index in [1.165, 1.54) is 31.0 Å². The molecule has 20 heavy (non-hydrogen) atoms. The molecule has 0 unspecified atom stereocenters. The van der Waals surface area contributed by atoms with Crippen LogP contribution in [-0.2, 0) is 4.79 Å². The minimum Gasteiger partial charge on any atom is -0.323 e. The molecule has 1 aromatic carbocycles. The molecule has 1 fully saturated rings. The topological polar surface area (TPSA) is 32.3 Å². The van der Waals surface area contributed by atoms with Crippen LogP contribution in [0.4, 0.5) is 10.1 Å². The summed E-state index contributed by atoms with van der Waals surface area (Å²) in [5.41, 5.74) is 0.458. The van der Waals surface area contributed by atoms with Gasteiger partial charge in [0.15, 0.2) is 0 Å². The number of carbonyl (C=O) groups excluding carboxylic acids is 1. The Morgan fingerprint density at radius 3 is 2.55 bits per heavy atom. The standard InChI is InChI=1S/C15H20ClFN2O/c1-11(19-8-4-2-3-5-9-19)15(20)18-14-7-6-12(17)10-13(14)16/h6-7,10-11H,2-5,8-9H2,1H3,(H,18,20)/t11-/m0/s1. The third-order valence-electron chi connectivity index (χ3n) is 3.76. The summed E-state index contributed by atoms with van der Waals surface area (Å²) in [6.45, 7) is 3.80. The van der Waals surface area contributed by atoms with E-state index in [0.717, 1.165) is 25.9 Å². The summed E-state index contributed by atoms with van der Waals surface area (Å²) in [6, 6.07) is 3.78. The van der Waals surface area contributed by atoms with Gasteiger partial charge < -0.3 is 5.32 Å². The van der Waals surface area contributed by atoms with E-state index in [-0.39, 0.29) is 17.0 Å². The van der Waals surface area contributed by atoms with Gasteiger partial charge in [-0.15, -0.1) is 0 Å². The highest BCUT2D eigenvalue weighted by Gasteiger charge is 2.22. The first-order valence-electron chi connectivity index (χ1n) is 7.08. The van der Waals surface area contributed by atoms with Crippen LogP contribution < -0.4 is 5.32 Å². The van der Waals surface area contributed by atoms with Gasteiger partial charge in [0.1, 0.15) is 5.82 Å². The number of rotatable bonds is 3. The maximum Gasteiger partial charge on any atom is 0.241 e. The Morgan fingerprint density at radius 2 is 1.95 bits per heavy atom. The minimum absolute atomic E-state index is 0.0968. The lowest BCUT2D eigenvalue weighted by molar-refractivity contribution is -0.120. The molecule has 1 N–H and O–H groups in total. The van der Waals surface area contributed by atoms with Crippen molar-refractivity contribution in [3.8, 4) is 0 Å². The van der Waals surface area contributed by atoms with Gasteiger partial charge in [-0.25, -0.2) is 4.39 Å². The number of hydrogen-bond donors (Lipinski definition) is 1. The molecule has 1 aliphatic heterocycles. The number of nitrogens with zero attached hydrogens (tertiary/aromatic N) is 1. The summed E-state index contributed by atoms with van der Waals surface area (Å²) in [4.78, 5) is 14.5. The summed E-state index contributed by atoms with van der Waals surface area (Å²) in [5.74, 6) is -0.506. The zero-order valence-electron chi connectivity index (χ0n) is 11.7. The number of carbonyl (C=O) groups is 1. The second-order valence-corrected chi connectivity index (χ2v) is 5.65. The molecule has 110 valence electrons. The SMILES string of the molecule is C[C@@H](C(=O)Nc1ccc(F)cc1Cl)N1CCCCCC1. The molecular weight excluding hydrogens is 279 g/mol. The van der Waals surface area contributed by atoms with Crippen molar-refractivity contribution >= 4 is 23.2 Å². The average Bonchev–Trinajstić information content (AvgIpc) is 2.70. The Labute approximate surface area is 124 Å². The molecular formula is C15H20ClFN2O. The Morgan fingerprint density at radius 1 is 1.30 bits per heavy atom. The van der Waals surface area contributed by atoms with Crippen LogP contribution in [0.15, 0.2) is 18.2 Å². The van der Waals surface area contributed by atoms with Crippen molar-refractivity contribution in [3.63, 3.8) is 0 Å². The van der Waals surface area contributed by atoms with Crippen molar-refractivity contribution < 1.29 is 9.18 Å². The van der Waals surface area contributed by atoms with Gasteiger partial charge in [-0.05, 0) is 51.1 Å². The van der Waals surface area contributed by atoms with Crippen molar-refractivity contribution in [2.45, 2.75) is 38.6 Å². The second-order valence-electron chi connectivity index (χ2n) is 5.24. The zero-order valence-corrected chi connectivity index (χ0v) is 12.4. The predicted molar refractivity (Wildman–Crippen MR) is 79.5 cm³/mol. The number of hydrogen-bond acceptors (Lipinski definition) is 2. The van der Waals surface area contributed by atoms with Crippen molar-refractivity contribution in [3.05, 3.63) is 29.0 Å². The molecule has 0 aromatic heterocycles. The van der Waals surface area contributed by atoms with Gasteiger partial charge in [0.05, 0.1) is 16.8 Å². The van der Waals surface area contributed by atoms with E-state index < -0.39 is 5.82 Å². The van der Waals surface area contributed by atoms with Crippen LogP contribution in [-0.4, -0.2) is 29.9 Å². The van der Waals surface area contributed by atoms with Crippen LogP contribution in [0, 0.1) is 5.82 Å². The third-order valence-corrected chi connectivity index (χ3v) is 4.07. The number of amides is 1. The first-order chi connectivity index (χ1) is 9.58. The van der Waals surface area contributed by atoms with E-state index in [2.05, 4.69) is 10.2 Å². The van der Waals surface area contributed by atoms with Crippen molar-refractivity contribution in [1.82, 2.24) is 4.90 Å². The predicted octanol–water partition coefficient (Wildman–Crippen LogP) is 3.68. The van der Waals surface area contributed by atoms with Crippen LogP contribution in [0.1, 0.15) is 32.6 Å².